The van der Waals surface area contributed by atoms with Crippen LogP contribution in [-0.2, 0) is 16.1 Å². The van der Waals surface area contributed by atoms with Crippen molar-refractivity contribution < 1.29 is 9.53 Å². The van der Waals surface area contributed by atoms with E-state index in [1.54, 1.807) is 0 Å². The zero-order valence-corrected chi connectivity index (χ0v) is 16.7. The number of nitrogens with zero attached hydrogens (tertiary/aromatic N) is 1. The molecule has 1 amide bonds. The van der Waals surface area contributed by atoms with E-state index in [1.807, 2.05) is 36.1 Å². The van der Waals surface area contributed by atoms with Crippen LogP contribution in [0.4, 0.5) is 0 Å². The predicted molar refractivity (Wildman–Crippen MR) is 103 cm³/mol. The Balaban J connectivity index is 0.00000225. The first-order valence-electron chi connectivity index (χ1n) is 8.76. The lowest BCUT2D eigenvalue weighted by atomic mass is 9.46. The average molecular weight is 387 g/mol. The Morgan fingerprint density at radius 2 is 2.16 bits per heavy atom. The van der Waals surface area contributed by atoms with Crippen molar-refractivity contribution in [3.8, 4) is 0 Å². The summed E-state index contributed by atoms with van der Waals surface area (Å²) in [5.74, 6) is 0.142. The van der Waals surface area contributed by atoms with Gasteiger partial charge in [0.1, 0.15) is 5.54 Å². The van der Waals surface area contributed by atoms with Crippen molar-refractivity contribution in [2.24, 2.45) is 17.1 Å². The van der Waals surface area contributed by atoms with Crippen LogP contribution >= 0.6 is 24.0 Å². The molecule has 1 aliphatic heterocycles. The summed E-state index contributed by atoms with van der Waals surface area (Å²) in [6.45, 7) is 8.04. The van der Waals surface area contributed by atoms with Crippen LogP contribution in [0, 0.1) is 11.3 Å². The topological polar surface area (TPSA) is 55.6 Å². The molecule has 2 N–H and O–H groups in total. The van der Waals surface area contributed by atoms with E-state index in [0.717, 1.165) is 25.0 Å². The van der Waals surface area contributed by atoms with Crippen LogP contribution in [0.3, 0.4) is 0 Å². The Kier molecular flexibility index (Phi) is 6.10. The van der Waals surface area contributed by atoms with Crippen molar-refractivity contribution >= 4 is 29.9 Å². The zero-order chi connectivity index (χ0) is 17.5. The number of likely N-dealkylation sites (N-methyl/N-ethyl adjacent to an activating group) is 1. The number of ether oxygens (including phenoxy) is 1. The van der Waals surface area contributed by atoms with Gasteiger partial charge in [-0.2, -0.15) is 0 Å². The molecule has 1 heterocycles. The van der Waals surface area contributed by atoms with Gasteiger partial charge >= 0.3 is 0 Å². The Bertz CT molecular complexity index is 638. The number of nitrogens with two attached hydrogens (primary N) is 1. The second-order valence-corrected chi connectivity index (χ2v) is 8.02. The van der Waals surface area contributed by atoms with Gasteiger partial charge < -0.3 is 15.4 Å². The number of fused-ring (bicyclic) bond motifs is 1. The molecule has 3 rings (SSSR count). The molecule has 1 saturated heterocycles. The van der Waals surface area contributed by atoms with Crippen LogP contribution in [0.5, 0.6) is 0 Å². The van der Waals surface area contributed by atoms with E-state index < -0.39 is 5.54 Å². The molecule has 1 aromatic carbocycles. The zero-order valence-electron chi connectivity index (χ0n) is 15.1. The first-order chi connectivity index (χ1) is 11.3. The number of rotatable bonds is 4. The number of amides is 1. The molecule has 0 spiro atoms. The lowest BCUT2D eigenvalue weighted by Gasteiger charge is -2.65. The highest BCUT2D eigenvalue weighted by Gasteiger charge is 2.70. The molecule has 3 unspecified atom stereocenters. The van der Waals surface area contributed by atoms with Gasteiger partial charge in [-0.25, -0.2) is 0 Å². The van der Waals surface area contributed by atoms with Crippen molar-refractivity contribution in [2.75, 3.05) is 13.2 Å². The normalized spacial score (nSPS) is 29.8. The second kappa shape index (κ2) is 7.43. The maximum absolute atomic E-state index is 13.4. The van der Waals surface area contributed by atoms with E-state index in [0.29, 0.717) is 18.1 Å². The van der Waals surface area contributed by atoms with Gasteiger partial charge in [0.15, 0.2) is 0 Å². The molecule has 1 saturated carbocycles. The van der Waals surface area contributed by atoms with E-state index in [9.17, 15) is 4.79 Å². The largest absolute Gasteiger partial charge is 0.377 e. The standard InChI is InChI=1S/C19H27ClN2O2.ClH/c1-4-22(12-13-7-5-8-14(20)11-13)17(23)19(21)15-9-6-10-24-16(15)18(19,2)3;/h5,7-8,11,15-16H,4,6,9-10,12,21H2,1-3H3;1H. The maximum Gasteiger partial charge on any atom is 0.243 e. The number of carbonyl (C=O) groups is 1. The van der Waals surface area contributed by atoms with Gasteiger partial charge in [-0.3, -0.25) is 4.79 Å². The van der Waals surface area contributed by atoms with Gasteiger partial charge in [0.25, 0.3) is 0 Å². The van der Waals surface area contributed by atoms with E-state index in [-0.39, 0.29) is 35.8 Å². The fraction of sp³-hybridized carbons (Fsp3) is 0.632. The fourth-order valence-corrected chi connectivity index (χ4v) is 4.67. The van der Waals surface area contributed by atoms with Gasteiger partial charge in [0, 0.05) is 36.1 Å². The van der Waals surface area contributed by atoms with Crippen LogP contribution in [0.1, 0.15) is 39.2 Å². The summed E-state index contributed by atoms with van der Waals surface area (Å²) in [5, 5.41) is 0.684. The summed E-state index contributed by atoms with van der Waals surface area (Å²) in [5.41, 5.74) is 6.56. The highest BCUT2D eigenvalue weighted by Crippen LogP contribution is 2.58. The summed E-state index contributed by atoms with van der Waals surface area (Å²) in [6.07, 6.45) is 2.03. The molecular formula is C19H28Cl2N2O2. The smallest absolute Gasteiger partial charge is 0.243 e. The van der Waals surface area contributed by atoms with Gasteiger partial charge in [-0.1, -0.05) is 37.6 Å². The van der Waals surface area contributed by atoms with Crippen molar-refractivity contribution in [1.82, 2.24) is 4.90 Å². The fourth-order valence-electron chi connectivity index (χ4n) is 4.45. The van der Waals surface area contributed by atoms with Crippen molar-refractivity contribution in [2.45, 2.75) is 51.8 Å². The molecule has 0 aromatic heterocycles. The Labute approximate surface area is 161 Å². The Morgan fingerprint density at radius 1 is 1.44 bits per heavy atom. The summed E-state index contributed by atoms with van der Waals surface area (Å²) >= 11 is 6.07. The molecule has 25 heavy (non-hydrogen) atoms. The molecule has 1 aromatic rings. The second-order valence-electron chi connectivity index (χ2n) is 7.58. The molecular weight excluding hydrogens is 359 g/mol. The minimum absolute atomic E-state index is 0. The van der Waals surface area contributed by atoms with E-state index >= 15 is 0 Å². The highest BCUT2D eigenvalue weighted by atomic mass is 35.5. The van der Waals surface area contributed by atoms with Gasteiger partial charge in [0.2, 0.25) is 5.91 Å². The highest BCUT2D eigenvalue weighted by molar-refractivity contribution is 6.30. The number of halogens is 2. The Hall–Kier alpha value is -0.810. The molecule has 2 fully saturated rings. The molecule has 0 radical (unpaired) electrons. The van der Waals surface area contributed by atoms with Crippen molar-refractivity contribution in [3.05, 3.63) is 34.9 Å². The van der Waals surface area contributed by atoms with E-state index in [4.69, 9.17) is 22.1 Å². The minimum Gasteiger partial charge on any atom is -0.377 e. The number of hydrogen-bond acceptors (Lipinski definition) is 3. The third-order valence-corrected chi connectivity index (χ3v) is 6.21. The van der Waals surface area contributed by atoms with E-state index in [2.05, 4.69) is 13.8 Å². The quantitative estimate of drug-likeness (QED) is 0.858. The Morgan fingerprint density at radius 3 is 2.80 bits per heavy atom. The summed E-state index contributed by atoms with van der Waals surface area (Å²) in [6, 6.07) is 7.64. The number of carbonyl (C=O) groups excluding carboxylic acids is 1. The number of benzene rings is 1. The molecule has 6 heteroatoms. The predicted octanol–water partition coefficient (Wildman–Crippen LogP) is 3.64. The maximum atomic E-state index is 13.4. The van der Waals surface area contributed by atoms with Crippen LogP contribution in [-0.4, -0.2) is 35.6 Å². The first-order valence-corrected chi connectivity index (χ1v) is 9.14. The summed E-state index contributed by atoms with van der Waals surface area (Å²) < 4.78 is 5.92. The molecule has 2 aliphatic rings. The SMILES string of the molecule is CCN(Cc1cccc(Cl)c1)C(=O)C1(N)C2CCCOC2C1(C)C.Cl. The van der Waals surface area contributed by atoms with Gasteiger partial charge in [-0.15, -0.1) is 12.4 Å². The van der Waals surface area contributed by atoms with Crippen LogP contribution in [0.15, 0.2) is 24.3 Å². The van der Waals surface area contributed by atoms with Crippen LogP contribution in [0.25, 0.3) is 0 Å². The molecule has 1 aliphatic carbocycles. The van der Waals surface area contributed by atoms with E-state index in [1.165, 1.54) is 0 Å². The molecule has 3 atom stereocenters. The summed E-state index contributed by atoms with van der Waals surface area (Å²) in [7, 11) is 0. The van der Waals surface area contributed by atoms with Crippen molar-refractivity contribution in [1.29, 1.82) is 0 Å². The lowest BCUT2D eigenvalue weighted by molar-refractivity contribution is -0.230. The average Bonchev–Trinajstić information content (AvgIpc) is 2.58. The molecule has 4 nitrogen and oxygen atoms in total. The minimum atomic E-state index is -0.854. The van der Waals surface area contributed by atoms with Gasteiger partial charge in [0.05, 0.1) is 6.10 Å². The third-order valence-electron chi connectivity index (χ3n) is 5.97. The molecule has 140 valence electrons. The third kappa shape index (κ3) is 3.18. The monoisotopic (exact) mass is 386 g/mol. The summed E-state index contributed by atoms with van der Waals surface area (Å²) in [4.78, 5) is 15.2. The number of hydrogen-bond donors (Lipinski definition) is 1. The molecule has 0 bridgehead atoms. The first kappa shape index (κ1) is 20.5. The van der Waals surface area contributed by atoms with Gasteiger partial charge in [-0.05, 0) is 37.5 Å². The van der Waals surface area contributed by atoms with Crippen molar-refractivity contribution in [3.63, 3.8) is 0 Å². The van der Waals surface area contributed by atoms with Crippen LogP contribution < -0.4 is 5.73 Å². The van der Waals surface area contributed by atoms with Crippen LogP contribution in [0.2, 0.25) is 5.02 Å². The lowest BCUT2D eigenvalue weighted by Crippen LogP contribution is -2.82.